The molecule has 1 amide bonds. The van der Waals surface area contributed by atoms with Gasteiger partial charge in [0.2, 0.25) is 5.91 Å². The summed E-state index contributed by atoms with van der Waals surface area (Å²) < 4.78 is 0. The first-order valence-corrected chi connectivity index (χ1v) is 7.12. The molecule has 3 heteroatoms. The third-order valence-electron chi connectivity index (χ3n) is 3.59. The van der Waals surface area contributed by atoms with Gasteiger partial charge in [0.25, 0.3) is 0 Å². The van der Waals surface area contributed by atoms with E-state index in [-0.39, 0.29) is 18.2 Å². The molecular weight excluding hydrogens is 238 g/mol. The predicted molar refractivity (Wildman–Crippen MR) is 75.3 cm³/mol. The Morgan fingerprint density at radius 3 is 2.63 bits per heavy atom. The van der Waals surface area contributed by atoms with Crippen LogP contribution in [0.3, 0.4) is 0 Å². The summed E-state index contributed by atoms with van der Waals surface area (Å²) >= 11 is 0. The number of amides is 1. The number of aryl methyl sites for hydroxylation is 2. The highest BCUT2D eigenvalue weighted by molar-refractivity contribution is 5.99. The third-order valence-corrected chi connectivity index (χ3v) is 3.59. The molecule has 2 rings (SSSR count). The van der Waals surface area contributed by atoms with Gasteiger partial charge in [0.15, 0.2) is 5.78 Å². The molecule has 1 N–H and O–H groups in total. The molecule has 1 aliphatic rings. The summed E-state index contributed by atoms with van der Waals surface area (Å²) in [5, 5.41) is 2.67. The van der Waals surface area contributed by atoms with Crippen molar-refractivity contribution in [2.45, 2.75) is 45.4 Å². The lowest BCUT2D eigenvalue weighted by Crippen LogP contribution is -2.29. The maximum absolute atomic E-state index is 12.0. The molecule has 0 saturated carbocycles. The highest BCUT2D eigenvalue weighted by atomic mass is 16.2. The average Bonchev–Trinajstić information content (AvgIpc) is 2.44. The van der Waals surface area contributed by atoms with Crippen molar-refractivity contribution in [3.63, 3.8) is 0 Å². The molecule has 0 bridgehead atoms. The molecule has 1 aromatic carbocycles. The summed E-state index contributed by atoms with van der Waals surface area (Å²) in [4.78, 5) is 23.4. The molecular formula is C16H21NO2. The fourth-order valence-electron chi connectivity index (χ4n) is 2.50. The van der Waals surface area contributed by atoms with Crippen LogP contribution in [0.1, 0.15) is 54.1 Å². The van der Waals surface area contributed by atoms with E-state index in [9.17, 15) is 9.59 Å². The number of Topliss-reactive ketones (excluding diaryl/α,β-unsaturated/α-hetero) is 1. The lowest BCUT2D eigenvalue weighted by atomic mass is 9.90. The Balaban J connectivity index is 1.97. The monoisotopic (exact) mass is 259 g/mol. The topological polar surface area (TPSA) is 46.2 Å². The van der Waals surface area contributed by atoms with Crippen molar-refractivity contribution >= 4 is 11.7 Å². The largest absolute Gasteiger partial charge is 0.349 e. The Morgan fingerprint density at radius 1 is 1.16 bits per heavy atom. The summed E-state index contributed by atoms with van der Waals surface area (Å²) in [6, 6.07) is 5.96. The van der Waals surface area contributed by atoms with Gasteiger partial charge in [-0.2, -0.15) is 0 Å². The Morgan fingerprint density at radius 2 is 1.89 bits per heavy atom. The number of hydrogen-bond acceptors (Lipinski definition) is 2. The SMILES string of the molecule is CCCC(=O)NCC(=O)c1ccc2c(c1)CCCC2. The first kappa shape index (κ1) is 13.8. The molecule has 3 nitrogen and oxygen atoms in total. The van der Waals surface area contributed by atoms with E-state index in [1.807, 2.05) is 19.1 Å². The second-order valence-corrected chi connectivity index (χ2v) is 5.14. The van der Waals surface area contributed by atoms with E-state index in [0.717, 1.165) is 24.8 Å². The van der Waals surface area contributed by atoms with Crippen molar-refractivity contribution in [1.82, 2.24) is 5.32 Å². The number of nitrogens with one attached hydrogen (secondary N) is 1. The molecule has 0 atom stereocenters. The lowest BCUT2D eigenvalue weighted by molar-refractivity contribution is -0.120. The fourth-order valence-corrected chi connectivity index (χ4v) is 2.50. The van der Waals surface area contributed by atoms with E-state index in [4.69, 9.17) is 0 Å². The molecule has 0 aromatic heterocycles. The van der Waals surface area contributed by atoms with Gasteiger partial charge in [0.1, 0.15) is 0 Å². The minimum atomic E-state index is -0.0474. The Bertz CT molecular complexity index is 480. The molecule has 1 aliphatic carbocycles. The van der Waals surface area contributed by atoms with Crippen molar-refractivity contribution in [2.75, 3.05) is 6.54 Å². The first-order chi connectivity index (χ1) is 9.20. The summed E-state index contributed by atoms with van der Waals surface area (Å²) in [5.74, 6) is -0.0494. The highest BCUT2D eigenvalue weighted by Crippen LogP contribution is 2.22. The maximum Gasteiger partial charge on any atom is 0.220 e. The molecule has 1 aromatic rings. The number of rotatable bonds is 5. The zero-order valence-corrected chi connectivity index (χ0v) is 11.5. The van der Waals surface area contributed by atoms with E-state index < -0.39 is 0 Å². The van der Waals surface area contributed by atoms with Crippen molar-refractivity contribution in [3.05, 3.63) is 34.9 Å². The van der Waals surface area contributed by atoms with E-state index in [2.05, 4.69) is 11.4 Å². The van der Waals surface area contributed by atoms with Crippen molar-refractivity contribution in [1.29, 1.82) is 0 Å². The van der Waals surface area contributed by atoms with Crippen molar-refractivity contribution < 1.29 is 9.59 Å². The quantitative estimate of drug-likeness (QED) is 0.826. The second-order valence-electron chi connectivity index (χ2n) is 5.14. The molecule has 0 fully saturated rings. The molecule has 19 heavy (non-hydrogen) atoms. The van der Waals surface area contributed by atoms with E-state index in [1.54, 1.807) is 0 Å². The Hall–Kier alpha value is -1.64. The van der Waals surface area contributed by atoms with Gasteiger partial charge in [-0.05, 0) is 49.3 Å². The van der Waals surface area contributed by atoms with Gasteiger partial charge >= 0.3 is 0 Å². The van der Waals surface area contributed by atoms with Crippen LogP contribution in [0.5, 0.6) is 0 Å². The van der Waals surface area contributed by atoms with Gasteiger partial charge in [0, 0.05) is 12.0 Å². The number of fused-ring (bicyclic) bond motifs is 1. The Labute approximate surface area is 114 Å². The lowest BCUT2D eigenvalue weighted by Gasteiger charge is -2.16. The summed E-state index contributed by atoms with van der Waals surface area (Å²) in [5.41, 5.74) is 3.40. The van der Waals surface area contributed by atoms with Gasteiger partial charge < -0.3 is 5.32 Å². The van der Waals surface area contributed by atoms with Gasteiger partial charge in [-0.25, -0.2) is 0 Å². The van der Waals surface area contributed by atoms with Crippen LogP contribution in [-0.4, -0.2) is 18.2 Å². The minimum Gasteiger partial charge on any atom is -0.349 e. The van der Waals surface area contributed by atoms with Crippen LogP contribution in [0, 0.1) is 0 Å². The predicted octanol–water partition coefficient (Wildman–Crippen LogP) is 2.66. The van der Waals surface area contributed by atoms with E-state index >= 15 is 0 Å². The molecule has 0 radical (unpaired) electrons. The number of carbonyl (C=O) groups excluding carboxylic acids is 2. The number of benzene rings is 1. The number of ketones is 1. The average molecular weight is 259 g/mol. The summed E-state index contributed by atoms with van der Waals surface area (Å²) in [6.07, 6.45) is 5.93. The molecule has 0 aliphatic heterocycles. The van der Waals surface area contributed by atoms with Crippen molar-refractivity contribution in [2.24, 2.45) is 0 Å². The number of carbonyl (C=O) groups is 2. The van der Waals surface area contributed by atoms with Gasteiger partial charge in [-0.3, -0.25) is 9.59 Å². The summed E-state index contributed by atoms with van der Waals surface area (Å²) in [6.45, 7) is 2.06. The van der Waals surface area contributed by atoms with Gasteiger partial charge in [-0.1, -0.05) is 19.1 Å². The van der Waals surface area contributed by atoms with Crippen molar-refractivity contribution in [3.8, 4) is 0 Å². The zero-order chi connectivity index (χ0) is 13.7. The zero-order valence-electron chi connectivity index (χ0n) is 11.5. The molecule has 102 valence electrons. The van der Waals surface area contributed by atoms with Crippen LogP contribution in [0.25, 0.3) is 0 Å². The number of hydrogen-bond donors (Lipinski definition) is 1. The van der Waals surface area contributed by atoms with E-state index in [0.29, 0.717) is 6.42 Å². The van der Waals surface area contributed by atoms with Gasteiger partial charge in [0.05, 0.1) is 6.54 Å². The molecule has 0 unspecified atom stereocenters. The van der Waals surface area contributed by atoms with Crippen LogP contribution >= 0.6 is 0 Å². The highest BCUT2D eigenvalue weighted by Gasteiger charge is 2.13. The molecule has 0 spiro atoms. The Kier molecular flexibility index (Phi) is 4.72. The minimum absolute atomic E-state index is 0.00201. The fraction of sp³-hybridized carbons (Fsp3) is 0.500. The first-order valence-electron chi connectivity index (χ1n) is 7.12. The van der Waals surface area contributed by atoms with Gasteiger partial charge in [-0.15, -0.1) is 0 Å². The maximum atomic E-state index is 12.0. The van der Waals surface area contributed by atoms with Crippen LogP contribution in [-0.2, 0) is 17.6 Å². The molecule has 0 saturated heterocycles. The third kappa shape index (κ3) is 3.66. The second kappa shape index (κ2) is 6.50. The van der Waals surface area contributed by atoms with E-state index in [1.165, 1.54) is 24.0 Å². The van der Waals surface area contributed by atoms with Crippen LogP contribution in [0.15, 0.2) is 18.2 Å². The van der Waals surface area contributed by atoms with Crippen LogP contribution in [0.4, 0.5) is 0 Å². The normalized spacial score (nSPS) is 13.7. The standard InChI is InChI=1S/C16H21NO2/c1-2-5-16(19)17-11-15(18)14-9-8-12-6-3-4-7-13(12)10-14/h8-10H,2-7,11H2,1H3,(H,17,19). The van der Waals surface area contributed by atoms with Crippen LogP contribution < -0.4 is 5.32 Å². The summed E-state index contributed by atoms with van der Waals surface area (Å²) in [7, 11) is 0. The molecule has 0 heterocycles. The van der Waals surface area contributed by atoms with Crippen LogP contribution in [0.2, 0.25) is 0 Å². The smallest absolute Gasteiger partial charge is 0.220 e.